The zero-order valence-electron chi connectivity index (χ0n) is 17.0. The van der Waals surface area contributed by atoms with Crippen LogP contribution in [0.3, 0.4) is 0 Å². The monoisotopic (exact) mass is 378 g/mol. The molecule has 150 valence electrons. The summed E-state index contributed by atoms with van der Waals surface area (Å²) in [6.45, 7) is 3.11. The van der Waals surface area contributed by atoms with Crippen LogP contribution in [0, 0.1) is 0 Å². The molecule has 2 aromatic carbocycles. The lowest BCUT2D eigenvalue weighted by molar-refractivity contribution is 0.117. The Bertz CT molecular complexity index is 587. The summed E-state index contributed by atoms with van der Waals surface area (Å²) in [5, 5.41) is 0. The van der Waals surface area contributed by atoms with Gasteiger partial charge in [0.1, 0.15) is 0 Å². The molecule has 0 saturated carbocycles. The Hall–Kier alpha value is -2.16. The first kappa shape index (κ1) is 22.1. The number of rotatable bonds is 15. The van der Waals surface area contributed by atoms with E-state index in [1.54, 1.807) is 0 Å². The van der Waals surface area contributed by atoms with Gasteiger partial charge in [-0.3, -0.25) is 0 Å². The minimum absolute atomic E-state index is 0.719. The molecule has 28 heavy (non-hydrogen) atoms. The SMILES string of the molecule is C(/C=C\CCCCOCc1ccccc1)=C/CCCCOCc1ccccc1. The minimum Gasteiger partial charge on any atom is -0.377 e. The lowest BCUT2D eigenvalue weighted by Gasteiger charge is -2.03. The van der Waals surface area contributed by atoms with Crippen LogP contribution < -0.4 is 0 Å². The van der Waals surface area contributed by atoms with Crippen LogP contribution in [0.2, 0.25) is 0 Å². The van der Waals surface area contributed by atoms with Crippen molar-refractivity contribution in [2.45, 2.75) is 51.7 Å². The summed E-state index contributed by atoms with van der Waals surface area (Å²) in [6.07, 6.45) is 15.6. The molecule has 2 nitrogen and oxygen atoms in total. The number of hydrogen-bond donors (Lipinski definition) is 0. The molecule has 0 aliphatic carbocycles. The molecular formula is C26H34O2. The highest BCUT2D eigenvalue weighted by Crippen LogP contribution is 2.04. The number of unbranched alkanes of at least 4 members (excludes halogenated alkanes) is 4. The fraction of sp³-hybridized carbons (Fsp3) is 0.385. The molecular weight excluding hydrogens is 344 g/mol. The van der Waals surface area contributed by atoms with Gasteiger partial charge in [0.15, 0.2) is 0 Å². The van der Waals surface area contributed by atoms with Crippen LogP contribution in [-0.2, 0) is 22.7 Å². The fourth-order valence-corrected chi connectivity index (χ4v) is 2.81. The molecule has 0 aromatic heterocycles. The van der Waals surface area contributed by atoms with E-state index in [0.29, 0.717) is 0 Å². The third-order valence-corrected chi connectivity index (χ3v) is 4.43. The zero-order valence-corrected chi connectivity index (χ0v) is 17.0. The van der Waals surface area contributed by atoms with E-state index in [2.05, 4.69) is 72.8 Å². The van der Waals surface area contributed by atoms with E-state index in [4.69, 9.17) is 9.47 Å². The highest BCUT2D eigenvalue weighted by atomic mass is 16.5. The molecule has 0 aliphatic heterocycles. The molecule has 0 N–H and O–H groups in total. The van der Waals surface area contributed by atoms with Gasteiger partial charge in [-0.2, -0.15) is 0 Å². The van der Waals surface area contributed by atoms with Gasteiger partial charge in [0.05, 0.1) is 13.2 Å². The average Bonchev–Trinajstić information content (AvgIpc) is 2.75. The molecule has 0 spiro atoms. The van der Waals surface area contributed by atoms with Gasteiger partial charge in [0, 0.05) is 13.2 Å². The molecule has 2 heteroatoms. The summed E-state index contributed by atoms with van der Waals surface area (Å²) in [7, 11) is 0. The van der Waals surface area contributed by atoms with Crippen molar-refractivity contribution in [3.05, 3.63) is 96.1 Å². The van der Waals surface area contributed by atoms with E-state index >= 15 is 0 Å². The summed E-state index contributed by atoms with van der Waals surface area (Å²) in [4.78, 5) is 0. The second-order valence-electron chi connectivity index (χ2n) is 6.92. The maximum atomic E-state index is 5.70. The Morgan fingerprint density at radius 1 is 0.536 bits per heavy atom. The van der Waals surface area contributed by atoms with E-state index in [1.807, 2.05) is 12.1 Å². The molecule has 0 bridgehead atoms. The van der Waals surface area contributed by atoms with E-state index in [9.17, 15) is 0 Å². The van der Waals surface area contributed by atoms with Gasteiger partial charge in [0.25, 0.3) is 0 Å². The largest absolute Gasteiger partial charge is 0.377 e. The van der Waals surface area contributed by atoms with Crippen LogP contribution in [-0.4, -0.2) is 13.2 Å². The molecule has 0 aliphatic rings. The normalized spacial score (nSPS) is 11.6. The highest BCUT2D eigenvalue weighted by molar-refractivity contribution is 5.14. The van der Waals surface area contributed by atoms with Gasteiger partial charge in [-0.05, 0) is 49.7 Å². The predicted octanol–water partition coefficient (Wildman–Crippen LogP) is 6.87. The smallest absolute Gasteiger partial charge is 0.0716 e. The molecule has 0 amide bonds. The Morgan fingerprint density at radius 3 is 1.39 bits per heavy atom. The van der Waals surface area contributed by atoms with Gasteiger partial charge in [-0.25, -0.2) is 0 Å². The molecule has 2 rings (SSSR count). The van der Waals surface area contributed by atoms with E-state index in [1.165, 1.54) is 24.0 Å². The van der Waals surface area contributed by atoms with E-state index in [0.717, 1.165) is 52.1 Å². The first-order valence-corrected chi connectivity index (χ1v) is 10.5. The molecule has 0 unspecified atom stereocenters. The van der Waals surface area contributed by atoms with Gasteiger partial charge in [-0.15, -0.1) is 0 Å². The molecule has 0 radical (unpaired) electrons. The molecule has 2 aromatic rings. The van der Waals surface area contributed by atoms with Crippen LogP contribution in [0.25, 0.3) is 0 Å². The number of ether oxygens (including phenoxy) is 2. The summed E-state index contributed by atoms with van der Waals surface area (Å²) >= 11 is 0. The Labute approximate surface area is 170 Å². The Balaban J connectivity index is 1.34. The molecule has 0 saturated heterocycles. The second kappa shape index (κ2) is 15.9. The lowest BCUT2D eigenvalue weighted by Crippen LogP contribution is -1.95. The molecule has 0 fully saturated rings. The van der Waals surface area contributed by atoms with Crippen LogP contribution in [0.4, 0.5) is 0 Å². The standard InChI is InChI=1S/C26H34O2/c1(3-5-7-15-21-27-23-25-17-11-9-12-18-25)2-4-6-8-16-22-28-24-26-19-13-10-14-20-26/h1-4,9-14,17-20H,5-8,15-16,21-24H2/b3-1-,4-2-. The maximum Gasteiger partial charge on any atom is 0.0716 e. The van der Waals surface area contributed by atoms with Crippen molar-refractivity contribution in [2.75, 3.05) is 13.2 Å². The summed E-state index contributed by atoms with van der Waals surface area (Å²) in [5.74, 6) is 0. The third kappa shape index (κ3) is 11.5. The Morgan fingerprint density at radius 2 is 0.964 bits per heavy atom. The molecule has 0 heterocycles. The third-order valence-electron chi connectivity index (χ3n) is 4.43. The van der Waals surface area contributed by atoms with Crippen LogP contribution in [0.1, 0.15) is 49.7 Å². The maximum absolute atomic E-state index is 5.70. The van der Waals surface area contributed by atoms with Gasteiger partial charge in [0.2, 0.25) is 0 Å². The number of allylic oxidation sites excluding steroid dienone is 4. The quantitative estimate of drug-likeness (QED) is 0.249. The average molecular weight is 379 g/mol. The predicted molar refractivity (Wildman–Crippen MR) is 118 cm³/mol. The van der Waals surface area contributed by atoms with Crippen LogP contribution in [0.5, 0.6) is 0 Å². The number of hydrogen-bond acceptors (Lipinski definition) is 2. The van der Waals surface area contributed by atoms with Crippen molar-refractivity contribution >= 4 is 0 Å². The van der Waals surface area contributed by atoms with Crippen molar-refractivity contribution in [3.8, 4) is 0 Å². The summed E-state index contributed by atoms with van der Waals surface area (Å²) in [5.41, 5.74) is 2.49. The van der Waals surface area contributed by atoms with Crippen molar-refractivity contribution in [2.24, 2.45) is 0 Å². The van der Waals surface area contributed by atoms with Gasteiger partial charge in [-0.1, -0.05) is 85.0 Å². The van der Waals surface area contributed by atoms with Gasteiger partial charge >= 0.3 is 0 Å². The Kier molecular flexibility index (Phi) is 12.5. The second-order valence-corrected chi connectivity index (χ2v) is 6.92. The first-order valence-electron chi connectivity index (χ1n) is 10.5. The number of benzene rings is 2. The van der Waals surface area contributed by atoms with Crippen LogP contribution >= 0.6 is 0 Å². The van der Waals surface area contributed by atoms with Crippen molar-refractivity contribution < 1.29 is 9.47 Å². The van der Waals surface area contributed by atoms with E-state index < -0.39 is 0 Å². The minimum atomic E-state index is 0.719. The summed E-state index contributed by atoms with van der Waals surface area (Å²) < 4.78 is 11.4. The van der Waals surface area contributed by atoms with Crippen molar-refractivity contribution in [1.29, 1.82) is 0 Å². The van der Waals surface area contributed by atoms with Gasteiger partial charge < -0.3 is 9.47 Å². The zero-order chi connectivity index (χ0) is 19.5. The topological polar surface area (TPSA) is 18.5 Å². The summed E-state index contributed by atoms with van der Waals surface area (Å²) in [6, 6.07) is 20.7. The lowest BCUT2D eigenvalue weighted by atomic mass is 10.2. The van der Waals surface area contributed by atoms with Crippen LogP contribution in [0.15, 0.2) is 85.0 Å². The van der Waals surface area contributed by atoms with E-state index in [-0.39, 0.29) is 0 Å². The highest BCUT2D eigenvalue weighted by Gasteiger charge is 1.93. The van der Waals surface area contributed by atoms with Crippen molar-refractivity contribution in [3.63, 3.8) is 0 Å². The fourth-order valence-electron chi connectivity index (χ4n) is 2.81. The first-order chi connectivity index (χ1) is 13.9. The molecule has 0 atom stereocenters. The van der Waals surface area contributed by atoms with Crippen molar-refractivity contribution in [1.82, 2.24) is 0 Å².